The van der Waals surface area contributed by atoms with Crippen LogP contribution in [0.2, 0.25) is 0 Å². The van der Waals surface area contributed by atoms with Gasteiger partial charge in [-0.25, -0.2) is 0 Å². The van der Waals surface area contributed by atoms with E-state index in [1.807, 2.05) is 45.0 Å². The minimum atomic E-state index is 0.380. The van der Waals surface area contributed by atoms with Crippen molar-refractivity contribution >= 4 is 5.69 Å². The second-order valence-corrected chi connectivity index (χ2v) is 3.34. The van der Waals surface area contributed by atoms with Crippen LogP contribution >= 0.6 is 0 Å². The zero-order valence-electron chi connectivity index (χ0n) is 8.05. The summed E-state index contributed by atoms with van der Waals surface area (Å²) in [5.41, 5.74) is 2.99. The summed E-state index contributed by atoms with van der Waals surface area (Å²) in [4.78, 5) is 1.91. The SMILES string of the molecule is Cc1cc(C)c(O)c(N(C)C)c1. The standard InChI is InChI=1S/C10H15NO/c1-7-5-8(2)10(12)9(6-7)11(3)4/h5-6,12H,1-4H3. The lowest BCUT2D eigenvalue weighted by atomic mass is 10.1. The van der Waals surface area contributed by atoms with Crippen molar-refractivity contribution < 1.29 is 5.11 Å². The van der Waals surface area contributed by atoms with Gasteiger partial charge in [0.1, 0.15) is 5.75 Å². The first kappa shape index (κ1) is 8.91. The fourth-order valence-electron chi connectivity index (χ4n) is 1.28. The van der Waals surface area contributed by atoms with Gasteiger partial charge in [-0.2, -0.15) is 0 Å². The average Bonchev–Trinajstić information content (AvgIpc) is 1.96. The lowest BCUT2D eigenvalue weighted by Crippen LogP contribution is -2.09. The van der Waals surface area contributed by atoms with Crippen LogP contribution in [-0.4, -0.2) is 19.2 Å². The number of benzene rings is 1. The van der Waals surface area contributed by atoms with Crippen molar-refractivity contribution in [1.82, 2.24) is 0 Å². The van der Waals surface area contributed by atoms with E-state index in [1.165, 1.54) is 5.56 Å². The molecule has 66 valence electrons. The van der Waals surface area contributed by atoms with Crippen LogP contribution in [0.1, 0.15) is 11.1 Å². The molecule has 1 rings (SSSR count). The molecule has 0 fully saturated rings. The van der Waals surface area contributed by atoms with Crippen LogP contribution in [0.25, 0.3) is 0 Å². The molecule has 0 aliphatic heterocycles. The second kappa shape index (κ2) is 3.05. The Morgan fingerprint density at radius 2 is 1.75 bits per heavy atom. The molecule has 0 aliphatic carbocycles. The summed E-state index contributed by atoms with van der Waals surface area (Å²) < 4.78 is 0. The van der Waals surface area contributed by atoms with Gasteiger partial charge in [-0.15, -0.1) is 0 Å². The van der Waals surface area contributed by atoms with E-state index in [0.717, 1.165) is 11.3 Å². The largest absolute Gasteiger partial charge is 0.505 e. The number of hydrogen-bond acceptors (Lipinski definition) is 2. The molecule has 2 nitrogen and oxygen atoms in total. The Labute approximate surface area is 73.4 Å². The van der Waals surface area contributed by atoms with Gasteiger partial charge in [0.25, 0.3) is 0 Å². The zero-order chi connectivity index (χ0) is 9.30. The van der Waals surface area contributed by atoms with Crippen molar-refractivity contribution in [3.63, 3.8) is 0 Å². The Bertz CT molecular complexity index is 292. The van der Waals surface area contributed by atoms with E-state index in [2.05, 4.69) is 0 Å². The smallest absolute Gasteiger partial charge is 0.141 e. The van der Waals surface area contributed by atoms with Crippen LogP contribution in [0.5, 0.6) is 5.75 Å². The number of phenols is 1. The van der Waals surface area contributed by atoms with E-state index in [-0.39, 0.29) is 0 Å². The van der Waals surface area contributed by atoms with Crippen LogP contribution in [0.15, 0.2) is 12.1 Å². The molecular weight excluding hydrogens is 150 g/mol. The van der Waals surface area contributed by atoms with E-state index in [9.17, 15) is 5.11 Å². The summed E-state index contributed by atoms with van der Waals surface area (Å²) >= 11 is 0. The van der Waals surface area contributed by atoms with E-state index >= 15 is 0 Å². The third-order valence-corrected chi connectivity index (χ3v) is 1.91. The third-order valence-electron chi connectivity index (χ3n) is 1.91. The summed E-state index contributed by atoms with van der Waals surface area (Å²) in [5, 5.41) is 9.65. The van der Waals surface area contributed by atoms with Crippen molar-refractivity contribution in [1.29, 1.82) is 0 Å². The van der Waals surface area contributed by atoms with Gasteiger partial charge in [-0.05, 0) is 31.0 Å². The molecule has 0 spiro atoms. The molecule has 1 N–H and O–H groups in total. The number of hydrogen-bond donors (Lipinski definition) is 1. The quantitative estimate of drug-likeness (QED) is 0.688. The predicted octanol–water partition coefficient (Wildman–Crippen LogP) is 2.08. The average molecular weight is 165 g/mol. The van der Waals surface area contributed by atoms with Crippen molar-refractivity contribution in [3.05, 3.63) is 23.3 Å². The normalized spacial score (nSPS) is 10.0. The number of phenolic OH excluding ortho intramolecular Hbond substituents is 1. The van der Waals surface area contributed by atoms with Gasteiger partial charge in [0.2, 0.25) is 0 Å². The highest BCUT2D eigenvalue weighted by Gasteiger charge is 2.06. The van der Waals surface area contributed by atoms with Crippen LogP contribution in [0.4, 0.5) is 5.69 Å². The van der Waals surface area contributed by atoms with Crippen LogP contribution in [-0.2, 0) is 0 Å². The number of anilines is 1. The monoisotopic (exact) mass is 165 g/mol. The molecule has 0 unspecified atom stereocenters. The molecule has 0 amide bonds. The Morgan fingerprint density at radius 1 is 1.17 bits per heavy atom. The first-order valence-corrected chi connectivity index (χ1v) is 4.00. The molecule has 1 aromatic rings. The first-order chi connectivity index (χ1) is 5.52. The van der Waals surface area contributed by atoms with Crippen LogP contribution in [0, 0.1) is 13.8 Å². The Kier molecular flexibility index (Phi) is 2.27. The van der Waals surface area contributed by atoms with Crippen molar-refractivity contribution in [3.8, 4) is 5.75 Å². The maximum absolute atomic E-state index is 9.65. The molecule has 0 heterocycles. The highest BCUT2D eigenvalue weighted by Crippen LogP contribution is 2.30. The van der Waals surface area contributed by atoms with Gasteiger partial charge >= 0.3 is 0 Å². The van der Waals surface area contributed by atoms with Crippen molar-refractivity contribution in [2.75, 3.05) is 19.0 Å². The van der Waals surface area contributed by atoms with Gasteiger partial charge in [0.15, 0.2) is 0 Å². The molecule has 12 heavy (non-hydrogen) atoms. The molecule has 1 aromatic carbocycles. The Hall–Kier alpha value is -1.18. The minimum absolute atomic E-state index is 0.380. The van der Waals surface area contributed by atoms with Crippen LogP contribution < -0.4 is 4.90 Å². The molecule has 2 heteroatoms. The maximum Gasteiger partial charge on any atom is 0.141 e. The number of nitrogens with zero attached hydrogens (tertiary/aromatic N) is 1. The molecular formula is C10H15NO. The Morgan fingerprint density at radius 3 is 2.25 bits per heavy atom. The topological polar surface area (TPSA) is 23.5 Å². The molecule has 0 radical (unpaired) electrons. The summed E-state index contributed by atoms with van der Waals surface area (Å²) in [6.45, 7) is 3.94. The molecule has 0 saturated heterocycles. The highest BCUT2D eigenvalue weighted by atomic mass is 16.3. The van der Waals surface area contributed by atoms with Gasteiger partial charge in [-0.1, -0.05) is 6.07 Å². The van der Waals surface area contributed by atoms with E-state index in [0.29, 0.717) is 5.75 Å². The molecule has 0 aliphatic rings. The fraction of sp³-hybridized carbons (Fsp3) is 0.400. The summed E-state index contributed by atoms with van der Waals surface area (Å²) in [5.74, 6) is 0.380. The van der Waals surface area contributed by atoms with E-state index < -0.39 is 0 Å². The van der Waals surface area contributed by atoms with Gasteiger partial charge in [-0.3, -0.25) is 0 Å². The van der Waals surface area contributed by atoms with E-state index in [1.54, 1.807) is 0 Å². The molecule has 0 bridgehead atoms. The van der Waals surface area contributed by atoms with Gasteiger partial charge in [0, 0.05) is 14.1 Å². The van der Waals surface area contributed by atoms with Gasteiger partial charge in [0.05, 0.1) is 5.69 Å². The second-order valence-electron chi connectivity index (χ2n) is 3.34. The summed E-state index contributed by atoms with van der Waals surface area (Å²) in [7, 11) is 3.85. The molecule has 0 saturated carbocycles. The minimum Gasteiger partial charge on any atom is -0.505 e. The number of rotatable bonds is 1. The number of aryl methyl sites for hydroxylation is 2. The highest BCUT2D eigenvalue weighted by molar-refractivity contribution is 5.61. The first-order valence-electron chi connectivity index (χ1n) is 4.00. The zero-order valence-corrected chi connectivity index (χ0v) is 8.05. The van der Waals surface area contributed by atoms with Crippen LogP contribution in [0.3, 0.4) is 0 Å². The van der Waals surface area contributed by atoms with Crippen molar-refractivity contribution in [2.45, 2.75) is 13.8 Å². The van der Waals surface area contributed by atoms with E-state index in [4.69, 9.17) is 0 Å². The predicted molar refractivity (Wildman–Crippen MR) is 51.9 cm³/mol. The van der Waals surface area contributed by atoms with Crippen molar-refractivity contribution in [2.24, 2.45) is 0 Å². The fourth-order valence-corrected chi connectivity index (χ4v) is 1.28. The van der Waals surface area contributed by atoms with Gasteiger partial charge < -0.3 is 10.0 Å². The lowest BCUT2D eigenvalue weighted by Gasteiger charge is -2.16. The lowest BCUT2D eigenvalue weighted by molar-refractivity contribution is 0.471. The Balaban J connectivity index is 3.28. The molecule has 0 aromatic heterocycles. The summed E-state index contributed by atoms with van der Waals surface area (Å²) in [6.07, 6.45) is 0. The number of aromatic hydroxyl groups is 1. The third kappa shape index (κ3) is 1.52. The summed E-state index contributed by atoms with van der Waals surface area (Å²) in [6, 6.07) is 3.95. The molecule has 0 atom stereocenters. The maximum atomic E-state index is 9.65.